The zero-order chi connectivity index (χ0) is 19.8. The molecule has 8 nitrogen and oxygen atoms in total. The summed E-state index contributed by atoms with van der Waals surface area (Å²) >= 11 is 0. The third-order valence-corrected chi connectivity index (χ3v) is 3.52. The lowest BCUT2D eigenvalue weighted by atomic mass is 10.2. The molecule has 0 aliphatic rings. The number of benzene rings is 2. The van der Waals surface area contributed by atoms with E-state index in [2.05, 4.69) is 5.32 Å². The van der Waals surface area contributed by atoms with Crippen LogP contribution in [0.25, 0.3) is 6.08 Å². The Kier molecular flexibility index (Phi) is 6.65. The number of rotatable bonds is 7. The van der Waals surface area contributed by atoms with Crippen LogP contribution < -0.4 is 10.1 Å². The van der Waals surface area contributed by atoms with Gasteiger partial charge in [-0.15, -0.1) is 0 Å². The Hall–Kier alpha value is -3.68. The van der Waals surface area contributed by atoms with Crippen LogP contribution >= 0.6 is 0 Å². The topological polar surface area (TPSA) is 108 Å². The van der Waals surface area contributed by atoms with Gasteiger partial charge in [0.2, 0.25) is 0 Å². The van der Waals surface area contributed by atoms with Crippen LogP contribution in [0.3, 0.4) is 0 Å². The fourth-order valence-corrected chi connectivity index (χ4v) is 2.16. The van der Waals surface area contributed by atoms with Gasteiger partial charge in [0, 0.05) is 18.2 Å². The molecular weight excluding hydrogens is 352 g/mol. The van der Waals surface area contributed by atoms with Crippen LogP contribution in [0.15, 0.2) is 54.6 Å². The van der Waals surface area contributed by atoms with Gasteiger partial charge in [-0.1, -0.05) is 24.3 Å². The molecule has 1 atom stereocenters. The molecule has 2 aromatic carbocycles. The van der Waals surface area contributed by atoms with Crippen LogP contribution in [0.4, 0.5) is 11.4 Å². The van der Waals surface area contributed by atoms with Gasteiger partial charge < -0.3 is 14.8 Å². The number of carbonyl (C=O) groups excluding carboxylic acids is 2. The van der Waals surface area contributed by atoms with E-state index in [1.165, 1.54) is 38.3 Å². The highest BCUT2D eigenvalue weighted by atomic mass is 16.6. The number of esters is 1. The molecule has 8 heteroatoms. The third kappa shape index (κ3) is 5.67. The minimum Gasteiger partial charge on any atom is -0.495 e. The standard InChI is InChI=1S/C19H18N2O6/c1-13(19(23)20-16-8-3-4-9-17(16)26-2)27-18(22)11-10-14-6-5-7-15(12-14)21(24)25/h3-13H,1-2H3,(H,20,23)/b11-10+/t13-/m1/s1. The second-order valence-corrected chi connectivity index (χ2v) is 5.45. The van der Waals surface area contributed by atoms with Crippen molar-refractivity contribution in [1.29, 1.82) is 0 Å². The number of hydrogen-bond donors (Lipinski definition) is 1. The van der Waals surface area contributed by atoms with E-state index in [9.17, 15) is 19.7 Å². The number of carbonyl (C=O) groups is 2. The van der Waals surface area contributed by atoms with Crippen LogP contribution in [-0.4, -0.2) is 30.0 Å². The number of non-ortho nitro benzene ring substituents is 1. The lowest BCUT2D eigenvalue weighted by molar-refractivity contribution is -0.384. The molecule has 0 aliphatic carbocycles. The summed E-state index contributed by atoms with van der Waals surface area (Å²) in [5, 5.41) is 13.4. The fraction of sp³-hybridized carbons (Fsp3) is 0.158. The third-order valence-electron chi connectivity index (χ3n) is 3.52. The van der Waals surface area contributed by atoms with Gasteiger partial charge in [0.25, 0.3) is 11.6 Å². The molecule has 0 bridgehead atoms. The number of nitro benzene ring substituents is 1. The molecule has 0 unspecified atom stereocenters. The molecule has 1 amide bonds. The van der Waals surface area contributed by atoms with E-state index in [1.54, 1.807) is 30.3 Å². The molecule has 0 radical (unpaired) electrons. The van der Waals surface area contributed by atoms with E-state index < -0.39 is 22.9 Å². The van der Waals surface area contributed by atoms with E-state index >= 15 is 0 Å². The van der Waals surface area contributed by atoms with Crippen molar-refractivity contribution in [2.45, 2.75) is 13.0 Å². The Bertz CT molecular complexity index is 878. The summed E-state index contributed by atoms with van der Waals surface area (Å²) in [5.41, 5.74) is 0.836. The van der Waals surface area contributed by atoms with E-state index in [0.717, 1.165) is 6.08 Å². The average Bonchev–Trinajstić information content (AvgIpc) is 2.67. The van der Waals surface area contributed by atoms with E-state index in [1.807, 2.05) is 0 Å². The molecule has 140 valence electrons. The number of anilines is 1. The van der Waals surface area contributed by atoms with Crippen LogP contribution in [0.5, 0.6) is 5.75 Å². The van der Waals surface area contributed by atoms with Crippen molar-refractivity contribution >= 4 is 29.3 Å². The lowest BCUT2D eigenvalue weighted by Gasteiger charge is -2.14. The zero-order valence-corrected chi connectivity index (χ0v) is 14.7. The van der Waals surface area contributed by atoms with Crippen molar-refractivity contribution in [3.63, 3.8) is 0 Å². The summed E-state index contributed by atoms with van der Waals surface area (Å²) in [7, 11) is 1.48. The Morgan fingerprint density at radius 3 is 2.63 bits per heavy atom. The van der Waals surface area contributed by atoms with Crippen molar-refractivity contribution in [3.8, 4) is 5.75 Å². The highest BCUT2D eigenvalue weighted by molar-refractivity contribution is 5.97. The summed E-state index contributed by atoms with van der Waals surface area (Å²) in [6, 6.07) is 12.6. The summed E-state index contributed by atoms with van der Waals surface area (Å²) < 4.78 is 10.2. The minimum atomic E-state index is -1.04. The van der Waals surface area contributed by atoms with Gasteiger partial charge in [0.05, 0.1) is 17.7 Å². The van der Waals surface area contributed by atoms with Crippen molar-refractivity contribution in [1.82, 2.24) is 0 Å². The van der Waals surface area contributed by atoms with Crippen molar-refractivity contribution in [2.24, 2.45) is 0 Å². The number of ether oxygens (including phenoxy) is 2. The predicted octanol–water partition coefficient (Wildman–Crippen LogP) is 3.19. The number of nitrogens with zero attached hydrogens (tertiary/aromatic N) is 1. The number of methoxy groups -OCH3 is 1. The Balaban J connectivity index is 1.95. The normalized spacial score (nSPS) is 11.6. The molecule has 2 aromatic rings. The molecule has 2 rings (SSSR count). The Morgan fingerprint density at radius 1 is 1.19 bits per heavy atom. The molecule has 0 aromatic heterocycles. The van der Waals surface area contributed by atoms with E-state index in [4.69, 9.17) is 9.47 Å². The quantitative estimate of drug-likeness (QED) is 0.347. The van der Waals surface area contributed by atoms with Gasteiger partial charge in [0.15, 0.2) is 6.10 Å². The van der Waals surface area contributed by atoms with Crippen LogP contribution in [0.2, 0.25) is 0 Å². The smallest absolute Gasteiger partial charge is 0.331 e. The zero-order valence-electron chi connectivity index (χ0n) is 14.7. The first-order valence-electron chi connectivity index (χ1n) is 7.97. The molecule has 27 heavy (non-hydrogen) atoms. The average molecular weight is 370 g/mol. The van der Waals surface area contributed by atoms with E-state index in [0.29, 0.717) is 17.0 Å². The van der Waals surface area contributed by atoms with Crippen LogP contribution in [0, 0.1) is 10.1 Å². The van der Waals surface area contributed by atoms with Gasteiger partial charge in [-0.2, -0.15) is 0 Å². The number of nitro groups is 1. The van der Waals surface area contributed by atoms with Crippen LogP contribution in [-0.2, 0) is 14.3 Å². The molecule has 1 N–H and O–H groups in total. The number of para-hydroxylation sites is 2. The maximum atomic E-state index is 12.2. The Morgan fingerprint density at radius 2 is 1.93 bits per heavy atom. The maximum Gasteiger partial charge on any atom is 0.331 e. The number of nitrogens with one attached hydrogen (secondary N) is 1. The first-order valence-corrected chi connectivity index (χ1v) is 7.97. The van der Waals surface area contributed by atoms with Crippen molar-refractivity contribution in [3.05, 3.63) is 70.3 Å². The lowest BCUT2D eigenvalue weighted by Crippen LogP contribution is -2.29. The van der Waals surface area contributed by atoms with Gasteiger partial charge >= 0.3 is 5.97 Å². The highest BCUT2D eigenvalue weighted by Gasteiger charge is 2.18. The van der Waals surface area contributed by atoms with Crippen molar-refractivity contribution in [2.75, 3.05) is 12.4 Å². The van der Waals surface area contributed by atoms with E-state index in [-0.39, 0.29) is 5.69 Å². The summed E-state index contributed by atoms with van der Waals surface area (Å²) in [5.74, 6) is -0.782. The molecule has 0 aliphatic heterocycles. The van der Waals surface area contributed by atoms with Crippen LogP contribution in [0.1, 0.15) is 12.5 Å². The van der Waals surface area contributed by atoms with Gasteiger partial charge in [-0.25, -0.2) is 4.79 Å². The fourth-order valence-electron chi connectivity index (χ4n) is 2.16. The summed E-state index contributed by atoms with van der Waals surface area (Å²) in [6.45, 7) is 1.43. The second-order valence-electron chi connectivity index (χ2n) is 5.45. The molecule has 0 spiro atoms. The maximum absolute atomic E-state index is 12.2. The van der Waals surface area contributed by atoms with Gasteiger partial charge in [-0.3, -0.25) is 14.9 Å². The SMILES string of the molecule is COc1ccccc1NC(=O)[C@@H](C)OC(=O)/C=C/c1cccc([N+](=O)[O-])c1. The second kappa shape index (κ2) is 9.14. The predicted molar refractivity (Wildman–Crippen MR) is 99.3 cm³/mol. The largest absolute Gasteiger partial charge is 0.495 e. The summed E-state index contributed by atoms with van der Waals surface area (Å²) in [6.07, 6.45) is 1.43. The molecule has 0 heterocycles. The molecular formula is C19H18N2O6. The molecule has 0 saturated heterocycles. The highest BCUT2D eigenvalue weighted by Crippen LogP contribution is 2.23. The summed E-state index contributed by atoms with van der Waals surface area (Å²) in [4.78, 5) is 34.3. The first-order chi connectivity index (χ1) is 12.9. The number of amides is 1. The number of hydrogen-bond acceptors (Lipinski definition) is 6. The van der Waals surface area contributed by atoms with Crippen molar-refractivity contribution < 1.29 is 24.0 Å². The van der Waals surface area contributed by atoms with Gasteiger partial charge in [-0.05, 0) is 30.7 Å². The Labute approximate surface area is 155 Å². The minimum absolute atomic E-state index is 0.0879. The molecule has 0 fully saturated rings. The monoisotopic (exact) mass is 370 g/mol. The van der Waals surface area contributed by atoms with Gasteiger partial charge in [0.1, 0.15) is 5.75 Å². The molecule has 0 saturated carbocycles. The first kappa shape index (κ1) is 19.6.